The molecule has 132 valence electrons. The van der Waals surface area contributed by atoms with Gasteiger partial charge >= 0.3 is 0 Å². The minimum atomic E-state index is 0.274. The molecule has 2 aromatic rings. The number of carbonyl (C=O) groups is 1. The Morgan fingerprint density at radius 3 is 2.80 bits per heavy atom. The molecule has 3 heterocycles. The fourth-order valence-electron chi connectivity index (χ4n) is 3.37. The number of carbonyl (C=O) groups excluding carboxylic acids is 1. The second-order valence-electron chi connectivity index (χ2n) is 7.20. The first kappa shape index (κ1) is 16.3. The Kier molecular flexibility index (Phi) is 4.78. The van der Waals surface area contributed by atoms with Crippen molar-refractivity contribution in [3.8, 4) is 0 Å². The Morgan fingerprint density at radius 1 is 1.16 bits per heavy atom. The number of hydrogen-bond donors (Lipinski definition) is 0. The topological polar surface area (TPSA) is 60.2 Å². The average Bonchev–Trinajstić information content (AvgIpc) is 3.37. The largest absolute Gasteiger partial charge is 0.376 e. The lowest BCUT2D eigenvalue weighted by atomic mass is 10.1. The zero-order valence-corrected chi connectivity index (χ0v) is 14.4. The van der Waals surface area contributed by atoms with Crippen LogP contribution in [-0.2, 0) is 29.2 Å². The Hall–Kier alpha value is -2.21. The number of rotatable bonds is 6. The first-order valence-corrected chi connectivity index (χ1v) is 9.01. The minimum absolute atomic E-state index is 0.274. The van der Waals surface area contributed by atoms with Crippen molar-refractivity contribution in [2.24, 2.45) is 11.8 Å². The summed E-state index contributed by atoms with van der Waals surface area (Å²) in [5.41, 5.74) is 2.23. The molecule has 0 saturated heterocycles. The van der Waals surface area contributed by atoms with E-state index in [1.165, 1.54) is 12.8 Å². The summed E-state index contributed by atoms with van der Waals surface area (Å²) < 4.78 is 8.09. The van der Waals surface area contributed by atoms with Gasteiger partial charge in [-0.05, 0) is 36.5 Å². The predicted molar refractivity (Wildman–Crippen MR) is 92.4 cm³/mol. The number of amides is 1. The Labute approximate surface area is 147 Å². The van der Waals surface area contributed by atoms with E-state index in [2.05, 4.69) is 14.5 Å². The van der Waals surface area contributed by atoms with Crippen LogP contribution in [0.3, 0.4) is 0 Å². The lowest BCUT2D eigenvalue weighted by Gasteiger charge is -2.24. The fourth-order valence-corrected chi connectivity index (χ4v) is 3.37. The SMILES string of the molecule is O=C(CC1CC1)N1Cc2cncn2CC(COCc2ccncc2)C1. The number of nitrogens with zero attached hydrogens (tertiary/aromatic N) is 4. The smallest absolute Gasteiger partial charge is 0.223 e. The van der Waals surface area contributed by atoms with Crippen LogP contribution in [-0.4, -0.2) is 38.5 Å². The van der Waals surface area contributed by atoms with Gasteiger partial charge in [-0.1, -0.05) is 0 Å². The van der Waals surface area contributed by atoms with E-state index in [4.69, 9.17) is 4.74 Å². The number of hydrogen-bond acceptors (Lipinski definition) is 4. The van der Waals surface area contributed by atoms with Crippen LogP contribution in [0.4, 0.5) is 0 Å². The van der Waals surface area contributed by atoms with Crippen molar-refractivity contribution < 1.29 is 9.53 Å². The van der Waals surface area contributed by atoms with E-state index in [9.17, 15) is 4.79 Å². The second-order valence-corrected chi connectivity index (χ2v) is 7.20. The number of imidazole rings is 1. The third-order valence-electron chi connectivity index (χ3n) is 4.97. The van der Waals surface area contributed by atoms with Crippen molar-refractivity contribution in [3.05, 3.63) is 48.3 Å². The van der Waals surface area contributed by atoms with Gasteiger partial charge in [0.15, 0.2) is 0 Å². The molecule has 1 saturated carbocycles. The van der Waals surface area contributed by atoms with E-state index < -0.39 is 0 Å². The van der Waals surface area contributed by atoms with Crippen LogP contribution < -0.4 is 0 Å². The molecule has 1 aliphatic heterocycles. The molecule has 0 radical (unpaired) electrons. The number of pyridine rings is 1. The van der Waals surface area contributed by atoms with Crippen LogP contribution in [0.2, 0.25) is 0 Å². The highest BCUT2D eigenvalue weighted by atomic mass is 16.5. The van der Waals surface area contributed by atoms with Gasteiger partial charge in [0.25, 0.3) is 0 Å². The van der Waals surface area contributed by atoms with Crippen molar-refractivity contribution >= 4 is 5.91 Å². The zero-order valence-electron chi connectivity index (χ0n) is 14.4. The molecule has 2 aliphatic rings. The molecule has 0 aromatic carbocycles. The Morgan fingerprint density at radius 2 is 2.00 bits per heavy atom. The standard InChI is InChI=1S/C19H24N4O2/c24-19(7-15-1-2-15)22-9-17(10-23-14-21-8-18(23)11-22)13-25-12-16-3-5-20-6-4-16/h3-6,8,14-15,17H,1-2,7,9-13H2. The fraction of sp³-hybridized carbons (Fsp3) is 0.526. The summed E-state index contributed by atoms with van der Waals surface area (Å²) in [5, 5.41) is 0. The van der Waals surface area contributed by atoms with E-state index in [0.29, 0.717) is 32.1 Å². The number of aromatic nitrogens is 3. The van der Waals surface area contributed by atoms with Gasteiger partial charge in [0, 0.05) is 44.0 Å². The van der Waals surface area contributed by atoms with Gasteiger partial charge in [0.2, 0.25) is 5.91 Å². The van der Waals surface area contributed by atoms with E-state index in [-0.39, 0.29) is 11.8 Å². The monoisotopic (exact) mass is 340 g/mol. The summed E-state index contributed by atoms with van der Waals surface area (Å²) >= 11 is 0. The third-order valence-corrected chi connectivity index (χ3v) is 4.97. The molecule has 1 atom stereocenters. The van der Waals surface area contributed by atoms with E-state index >= 15 is 0 Å². The molecule has 1 amide bonds. The molecule has 6 heteroatoms. The highest BCUT2D eigenvalue weighted by Gasteiger charge is 2.30. The number of fused-ring (bicyclic) bond motifs is 1. The van der Waals surface area contributed by atoms with Crippen molar-refractivity contribution in [1.29, 1.82) is 0 Å². The molecule has 1 unspecified atom stereocenters. The molecule has 2 aromatic heterocycles. The maximum Gasteiger partial charge on any atom is 0.223 e. The molecular formula is C19H24N4O2. The van der Waals surface area contributed by atoms with Crippen LogP contribution in [0.1, 0.15) is 30.5 Å². The second kappa shape index (κ2) is 7.35. The minimum Gasteiger partial charge on any atom is -0.376 e. The molecule has 0 bridgehead atoms. The van der Waals surface area contributed by atoms with E-state index in [0.717, 1.165) is 24.3 Å². The molecular weight excluding hydrogens is 316 g/mol. The number of ether oxygens (including phenoxy) is 1. The summed E-state index contributed by atoms with van der Waals surface area (Å²) in [4.78, 5) is 22.9. The summed E-state index contributed by atoms with van der Waals surface area (Å²) in [6, 6.07) is 3.93. The zero-order chi connectivity index (χ0) is 17.1. The van der Waals surface area contributed by atoms with Gasteiger partial charge < -0.3 is 14.2 Å². The van der Waals surface area contributed by atoms with Crippen molar-refractivity contribution in [1.82, 2.24) is 19.4 Å². The van der Waals surface area contributed by atoms with Gasteiger partial charge in [-0.3, -0.25) is 9.78 Å². The Bertz CT molecular complexity index is 711. The maximum absolute atomic E-state index is 12.6. The summed E-state index contributed by atoms with van der Waals surface area (Å²) in [5.74, 6) is 1.17. The lowest BCUT2D eigenvalue weighted by molar-refractivity contribution is -0.133. The normalized spacial score (nSPS) is 20.2. The van der Waals surface area contributed by atoms with Gasteiger partial charge in [-0.2, -0.15) is 0 Å². The van der Waals surface area contributed by atoms with Gasteiger partial charge in [0.05, 0.1) is 31.8 Å². The van der Waals surface area contributed by atoms with Gasteiger partial charge in [-0.25, -0.2) is 4.98 Å². The van der Waals surface area contributed by atoms with Crippen molar-refractivity contribution in [2.75, 3.05) is 13.2 Å². The lowest BCUT2D eigenvalue weighted by Crippen LogP contribution is -2.35. The first-order valence-electron chi connectivity index (χ1n) is 9.01. The van der Waals surface area contributed by atoms with Crippen LogP contribution in [0.15, 0.2) is 37.1 Å². The molecule has 6 nitrogen and oxygen atoms in total. The maximum atomic E-state index is 12.6. The van der Waals surface area contributed by atoms with Crippen molar-refractivity contribution in [2.45, 2.75) is 39.0 Å². The predicted octanol–water partition coefficient (Wildman–Crippen LogP) is 2.25. The molecule has 0 spiro atoms. The quantitative estimate of drug-likeness (QED) is 0.809. The highest BCUT2D eigenvalue weighted by molar-refractivity contribution is 5.76. The highest BCUT2D eigenvalue weighted by Crippen LogP contribution is 2.33. The molecule has 25 heavy (non-hydrogen) atoms. The average molecular weight is 340 g/mol. The van der Waals surface area contributed by atoms with E-state index in [1.54, 1.807) is 12.4 Å². The van der Waals surface area contributed by atoms with Crippen LogP contribution in [0.25, 0.3) is 0 Å². The molecule has 4 rings (SSSR count). The van der Waals surface area contributed by atoms with Crippen molar-refractivity contribution in [3.63, 3.8) is 0 Å². The van der Waals surface area contributed by atoms with Crippen LogP contribution >= 0.6 is 0 Å². The van der Waals surface area contributed by atoms with Crippen LogP contribution in [0, 0.1) is 11.8 Å². The van der Waals surface area contributed by atoms with Crippen LogP contribution in [0.5, 0.6) is 0 Å². The molecule has 1 fully saturated rings. The van der Waals surface area contributed by atoms with Gasteiger partial charge in [-0.15, -0.1) is 0 Å². The Balaban J connectivity index is 1.38. The third kappa shape index (κ3) is 4.25. The first-order chi connectivity index (χ1) is 12.3. The summed E-state index contributed by atoms with van der Waals surface area (Å²) in [6.45, 7) is 3.47. The summed E-state index contributed by atoms with van der Waals surface area (Å²) in [7, 11) is 0. The van der Waals surface area contributed by atoms with Gasteiger partial charge in [0.1, 0.15) is 0 Å². The molecule has 0 N–H and O–H groups in total. The molecule has 1 aliphatic carbocycles. The van der Waals surface area contributed by atoms with E-state index in [1.807, 2.05) is 29.6 Å². The summed E-state index contributed by atoms with van der Waals surface area (Å²) in [6.07, 6.45) is 10.4.